The minimum absolute atomic E-state index is 0.0323. The summed E-state index contributed by atoms with van der Waals surface area (Å²) in [5.74, 6) is 0.278. The molecule has 0 amide bonds. The second kappa shape index (κ2) is 5.84. The third-order valence-electron chi connectivity index (χ3n) is 4.39. The van der Waals surface area contributed by atoms with Gasteiger partial charge in [-0.1, -0.05) is 18.6 Å². The number of nitrogens with zero attached hydrogens (tertiary/aromatic N) is 1. The van der Waals surface area contributed by atoms with Crippen molar-refractivity contribution >= 4 is 10.0 Å². The van der Waals surface area contributed by atoms with E-state index in [9.17, 15) is 8.42 Å². The highest BCUT2D eigenvalue weighted by Gasteiger charge is 2.36. The number of sulfonamides is 1. The molecule has 0 saturated heterocycles. The number of rotatable bonds is 4. The van der Waals surface area contributed by atoms with Crippen LogP contribution in [0.4, 0.5) is 0 Å². The molecule has 1 aliphatic rings. The Morgan fingerprint density at radius 1 is 1.30 bits per heavy atom. The van der Waals surface area contributed by atoms with E-state index in [-0.39, 0.29) is 12.0 Å². The molecule has 0 radical (unpaired) electrons. The molecule has 0 aliphatic heterocycles. The van der Waals surface area contributed by atoms with Gasteiger partial charge in [-0.25, -0.2) is 8.42 Å². The first kappa shape index (κ1) is 15.5. The molecule has 1 saturated carbocycles. The highest BCUT2D eigenvalue weighted by Crippen LogP contribution is 2.32. The Kier molecular flexibility index (Phi) is 4.52. The lowest BCUT2D eigenvalue weighted by atomic mass is 10.0. The smallest absolute Gasteiger partial charge is 0.243 e. The Labute approximate surface area is 122 Å². The first-order chi connectivity index (χ1) is 9.37. The number of aryl methyl sites for hydroxylation is 2. The lowest BCUT2D eigenvalue weighted by molar-refractivity contribution is 0.304. The Bertz CT molecular complexity index is 584. The molecular weight excluding hydrogens is 272 g/mol. The van der Waals surface area contributed by atoms with Crippen molar-refractivity contribution in [3.05, 3.63) is 29.3 Å². The highest BCUT2D eigenvalue weighted by atomic mass is 32.2. The molecule has 0 aromatic heterocycles. The molecule has 0 spiro atoms. The Morgan fingerprint density at radius 2 is 2.00 bits per heavy atom. The number of hydrogen-bond donors (Lipinski definition) is 1. The molecule has 0 heterocycles. The lowest BCUT2D eigenvalue weighted by Gasteiger charge is -2.29. The van der Waals surface area contributed by atoms with Crippen LogP contribution in [0.15, 0.2) is 23.1 Å². The Balaban J connectivity index is 2.37. The van der Waals surface area contributed by atoms with Crippen LogP contribution in [0, 0.1) is 19.8 Å². The predicted molar refractivity (Wildman–Crippen MR) is 81.0 cm³/mol. The van der Waals surface area contributed by atoms with Gasteiger partial charge in [0.2, 0.25) is 10.0 Å². The third-order valence-corrected chi connectivity index (χ3v) is 6.41. The van der Waals surface area contributed by atoms with Gasteiger partial charge in [-0.15, -0.1) is 0 Å². The van der Waals surface area contributed by atoms with Gasteiger partial charge in [-0.2, -0.15) is 4.31 Å². The zero-order chi connectivity index (χ0) is 14.9. The molecule has 5 heteroatoms. The van der Waals surface area contributed by atoms with E-state index in [2.05, 4.69) is 0 Å². The standard InChI is InChI=1S/C15H24N2O2S/c1-11-7-8-12(2)15(9-11)20(18,19)17(3)14-6-4-5-13(14)10-16/h7-9,13-14H,4-6,10,16H2,1-3H3. The summed E-state index contributed by atoms with van der Waals surface area (Å²) in [4.78, 5) is 0.419. The van der Waals surface area contributed by atoms with Crippen LogP contribution >= 0.6 is 0 Å². The Hall–Kier alpha value is -0.910. The van der Waals surface area contributed by atoms with Crippen LogP contribution in [0.1, 0.15) is 30.4 Å². The zero-order valence-electron chi connectivity index (χ0n) is 12.5. The highest BCUT2D eigenvalue weighted by molar-refractivity contribution is 7.89. The van der Waals surface area contributed by atoms with Gasteiger partial charge in [0.05, 0.1) is 4.90 Å². The fraction of sp³-hybridized carbons (Fsp3) is 0.600. The molecule has 2 N–H and O–H groups in total. The van der Waals surface area contributed by atoms with E-state index >= 15 is 0 Å². The van der Waals surface area contributed by atoms with E-state index in [1.54, 1.807) is 17.4 Å². The van der Waals surface area contributed by atoms with Crippen LogP contribution in [-0.2, 0) is 10.0 Å². The number of hydrogen-bond acceptors (Lipinski definition) is 3. The maximum atomic E-state index is 12.8. The summed E-state index contributed by atoms with van der Waals surface area (Å²) in [6.45, 7) is 4.31. The van der Waals surface area contributed by atoms with Crippen molar-refractivity contribution in [2.45, 2.75) is 44.0 Å². The fourth-order valence-electron chi connectivity index (χ4n) is 3.09. The van der Waals surface area contributed by atoms with E-state index < -0.39 is 10.0 Å². The third kappa shape index (κ3) is 2.75. The maximum absolute atomic E-state index is 12.8. The van der Waals surface area contributed by atoms with Crippen molar-refractivity contribution in [1.82, 2.24) is 4.31 Å². The van der Waals surface area contributed by atoms with E-state index in [1.165, 1.54) is 0 Å². The zero-order valence-corrected chi connectivity index (χ0v) is 13.3. The molecule has 1 fully saturated rings. The molecule has 1 aromatic carbocycles. The molecule has 1 aromatic rings. The van der Waals surface area contributed by atoms with E-state index in [1.807, 2.05) is 26.0 Å². The van der Waals surface area contributed by atoms with Gasteiger partial charge in [0.1, 0.15) is 0 Å². The van der Waals surface area contributed by atoms with Crippen molar-refractivity contribution in [3.63, 3.8) is 0 Å². The SMILES string of the molecule is Cc1ccc(C)c(S(=O)(=O)N(C)C2CCCC2CN)c1. The minimum Gasteiger partial charge on any atom is -0.330 e. The average Bonchev–Trinajstić information content (AvgIpc) is 2.88. The number of nitrogens with two attached hydrogens (primary N) is 1. The van der Waals surface area contributed by atoms with E-state index in [4.69, 9.17) is 5.73 Å². The van der Waals surface area contributed by atoms with Gasteiger partial charge in [-0.3, -0.25) is 0 Å². The monoisotopic (exact) mass is 296 g/mol. The summed E-state index contributed by atoms with van der Waals surface area (Å²) in [6.07, 6.45) is 2.98. The van der Waals surface area contributed by atoms with Crippen molar-refractivity contribution in [2.24, 2.45) is 11.7 Å². The van der Waals surface area contributed by atoms with Crippen molar-refractivity contribution < 1.29 is 8.42 Å². The van der Waals surface area contributed by atoms with Gasteiger partial charge in [0.25, 0.3) is 0 Å². The summed E-state index contributed by atoms with van der Waals surface area (Å²) in [6, 6.07) is 5.59. The van der Waals surface area contributed by atoms with Gasteiger partial charge in [0, 0.05) is 13.1 Å². The van der Waals surface area contributed by atoms with Gasteiger partial charge < -0.3 is 5.73 Å². The molecule has 2 atom stereocenters. The van der Waals surface area contributed by atoms with Gasteiger partial charge >= 0.3 is 0 Å². The molecule has 2 rings (SSSR count). The summed E-state index contributed by atoms with van der Waals surface area (Å²) in [5.41, 5.74) is 7.53. The number of benzene rings is 1. The average molecular weight is 296 g/mol. The minimum atomic E-state index is -3.44. The van der Waals surface area contributed by atoms with Gasteiger partial charge in [-0.05, 0) is 56.3 Å². The maximum Gasteiger partial charge on any atom is 0.243 e. The van der Waals surface area contributed by atoms with Crippen LogP contribution < -0.4 is 5.73 Å². The quantitative estimate of drug-likeness (QED) is 0.925. The van der Waals surface area contributed by atoms with Crippen molar-refractivity contribution in [3.8, 4) is 0 Å². The summed E-state index contributed by atoms with van der Waals surface area (Å²) in [7, 11) is -1.75. The lowest BCUT2D eigenvalue weighted by Crippen LogP contribution is -2.41. The van der Waals surface area contributed by atoms with Gasteiger partial charge in [0.15, 0.2) is 0 Å². The summed E-state index contributed by atoms with van der Waals surface area (Å²) < 4.78 is 27.2. The summed E-state index contributed by atoms with van der Waals surface area (Å²) in [5, 5.41) is 0. The van der Waals surface area contributed by atoms with Crippen molar-refractivity contribution in [1.29, 1.82) is 0 Å². The van der Waals surface area contributed by atoms with Crippen molar-refractivity contribution in [2.75, 3.05) is 13.6 Å². The molecule has 20 heavy (non-hydrogen) atoms. The van der Waals surface area contributed by atoms with E-state index in [0.29, 0.717) is 11.4 Å². The second-order valence-corrected chi connectivity index (χ2v) is 7.75. The first-order valence-electron chi connectivity index (χ1n) is 7.13. The first-order valence-corrected chi connectivity index (χ1v) is 8.57. The summed E-state index contributed by atoms with van der Waals surface area (Å²) >= 11 is 0. The Morgan fingerprint density at radius 3 is 2.65 bits per heavy atom. The van der Waals surface area contributed by atoms with Crippen LogP contribution in [0.5, 0.6) is 0 Å². The normalized spacial score (nSPS) is 23.4. The van der Waals surface area contributed by atoms with E-state index in [0.717, 1.165) is 30.4 Å². The van der Waals surface area contributed by atoms with Crippen LogP contribution in [0.2, 0.25) is 0 Å². The largest absolute Gasteiger partial charge is 0.330 e. The van der Waals surface area contributed by atoms with Crippen LogP contribution in [-0.4, -0.2) is 32.4 Å². The molecule has 112 valence electrons. The molecular formula is C15H24N2O2S. The van der Waals surface area contributed by atoms with Crippen LogP contribution in [0.3, 0.4) is 0 Å². The predicted octanol–water partition coefficient (Wildman–Crippen LogP) is 2.05. The fourth-order valence-corrected chi connectivity index (χ4v) is 4.84. The second-order valence-electron chi connectivity index (χ2n) is 5.78. The molecule has 1 aliphatic carbocycles. The molecule has 0 bridgehead atoms. The van der Waals surface area contributed by atoms with Crippen LogP contribution in [0.25, 0.3) is 0 Å². The molecule has 2 unspecified atom stereocenters. The topological polar surface area (TPSA) is 63.4 Å². The molecule has 4 nitrogen and oxygen atoms in total.